The number of H-pyrrole nitrogens is 1. The van der Waals surface area contributed by atoms with Crippen molar-refractivity contribution < 1.29 is 0 Å². The van der Waals surface area contributed by atoms with Crippen LogP contribution in [-0.4, -0.2) is 9.97 Å². The fraction of sp³-hybridized carbons (Fsp3) is 0.375. The third kappa shape index (κ3) is 2.92. The van der Waals surface area contributed by atoms with Crippen LogP contribution >= 0.6 is 12.2 Å². The first-order valence-corrected chi connectivity index (χ1v) is 7.38. The van der Waals surface area contributed by atoms with E-state index >= 15 is 0 Å². The van der Waals surface area contributed by atoms with Crippen LogP contribution in [0, 0.1) is 4.64 Å². The zero-order chi connectivity index (χ0) is 13.1. The number of aryl methyl sites for hydroxylation is 1. The number of aromatic amines is 1. The molecule has 98 valence electrons. The topological polar surface area (TPSA) is 28.7 Å². The van der Waals surface area contributed by atoms with Crippen molar-refractivity contribution in [3.8, 4) is 0 Å². The minimum absolute atomic E-state index is 0.807. The summed E-state index contributed by atoms with van der Waals surface area (Å²) in [7, 11) is 0. The molecule has 0 radical (unpaired) electrons. The van der Waals surface area contributed by atoms with Gasteiger partial charge in [-0.1, -0.05) is 49.0 Å². The molecule has 19 heavy (non-hydrogen) atoms. The maximum Gasteiger partial charge on any atom is 0.133 e. The van der Waals surface area contributed by atoms with Crippen LogP contribution < -0.4 is 0 Å². The van der Waals surface area contributed by atoms with Crippen molar-refractivity contribution in [2.45, 2.75) is 38.5 Å². The highest BCUT2D eigenvalue weighted by atomic mass is 32.1. The third-order valence-electron chi connectivity index (χ3n) is 3.72. The Morgan fingerprint density at radius 2 is 1.84 bits per heavy atom. The summed E-state index contributed by atoms with van der Waals surface area (Å²) in [5.41, 5.74) is 3.88. The first-order valence-electron chi connectivity index (χ1n) is 6.98. The largest absolute Gasteiger partial charge is 0.347 e. The predicted octanol–water partition coefficient (Wildman–Crippen LogP) is 4.00. The lowest BCUT2D eigenvalue weighted by Gasteiger charge is -2.09. The average Bonchev–Trinajstić information content (AvgIpc) is 2.65. The Morgan fingerprint density at radius 3 is 2.68 bits per heavy atom. The van der Waals surface area contributed by atoms with E-state index in [1.807, 2.05) is 6.07 Å². The molecular formula is C16H18N2S. The van der Waals surface area contributed by atoms with Crippen LogP contribution in [0.5, 0.6) is 0 Å². The molecule has 1 aliphatic rings. The molecule has 3 rings (SSSR count). The van der Waals surface area contributed by atoms with Crippen molar-refractivity contribution >= 4 is 12.2 Å². The van der Waals surface area contributed by atoms with Gasteiger partial charge in [0.05, 0.1) is 0 Å². The van der Waals surface area contributed by atoms with Gasteiger partial charge in [-0.05, 0) is 31.2 Å². The fourth-order valence-electron chi connectivity index (χ4n) is 2.72. The van der Waals surface area contributed by atoms with Gasteiger partial charge in [0, 0.05) is 17.7 Å². The minimum Gasteiger partial charge on any atom is -0.347 e. The van der Waals surface area contributed by atoms with Crippen LogP contribution in [0.25, 0.3) is 0 Å². The number of hydrogen-bond donors (Lipinski definition) is 1. The summed E-state index contributed by atoms with van der Waals surface area (Å²) < 4.78 is 0.807. The highest BCUT2D eigenvalue weighted by Crippen LogP contribution is 2.20. The Hall–Kier alpha value is -1.48. The highest BCUT2D eigenvalue weighted by Gasteiger charge is 2.12. The number of benzene rings is 1. The number of nitrogens with zero attached hydrogens (tertiary/aromatic N) is 1. The summed E-state index contributed by atoms with van der Waals surface area (Å²) in [6, 6.07) is 10.4. The molecule has 1 N–H and O–H groups in total. The van der Waals surface area contributed by atoms with Crippen molar-refractivity contribution in [3.05, 3.63) is 57.6 Å². The van der Waals surface area contributed by atoms with E-state index in [0.717, 1.165) is 29.7 Å². The quantitative estimate of drug-likeness (QED) is 0.660. The summed E-state index contributed by atoms with van der Waals surface area (Å²) in [6.45, 7) is 0. The molecule has 2 nitrogen and oxygen atoms in total. The van der Waals surface area contributed by atoms with Crippen LogP contribution in [0.2, 0.25) is 0 Å². The van der Waals surface area contributed by atoms with Crippen LogP contribution in [0.3, 0.4) is 0 Å². The summed E-state index contributed by atoms with van der Waals surface area (Å²) >= 11 is 5.47. The lowest BCUT2D eigenvalue weighted by molar-refractivity contribution is 0.708. The Kier molecular flexibility index (Phi) is 3.74. The van der Waals surface area contributed by atoms with E-state index in [2.05, 4.69) is 34.2 Å². The molecule has 1 aliphatic carbocycles. The molecule has 0 aliphatic heterocycles. The molecule has 0 bridgehead atoms. The maximum atomic E-state index is 5.47. The summed E-state index contributed by atoms with van der Waals surface area (Å²) in [4.78, 5) is 8.10. The molecule has 1 heterocycles. The molecule has 0 amide bonds. The zero-order valence-electron chi connectivity index (χ0n) is 11.0. The minimum atomic E-state index is 0.807. The number of rotatable bonds is 2. The van der Waals surface area contributed by atoms with E-state index in [1.165, 1.54) is 36.1 Å². The second kappa shape index (κ2) is 5.66. The van der Waals surface area contributed by atoms with Crippen molar-refractivity contribution in [2.24, 2.45) is 0 Å². The van der Waals surface area contributed by atoms with Crippen LogP contribution in [0.15, 0.2) is 30.3 Å². The molecule has 0 spiro atoms. The molecule has 2 aromatic rings. The molecule has 0 saturated heterocycles. The first kappa shape index (κ1) is 12.5. The smallest absolute Gasteiger partial charge is 0.133 e. The Balaban J connectivity index is 1.93. The van der Waals surface area contributed by atoms with Crippen molar-refractivity contribution in [2.75, 3.05) is 0 Å². The van der Waals surface area contributed by atoms with Gasteiger partial charge in [0.1, 0.15) is 10.5 Å². The van der Waals surface area contributed by atoms with E-state index in [4.69, 9.17) is 12.2 Å². The normalized spacial score (nSPS) is 14.7. The van der Waals surface area contributed by atoms with Crippen LogP contribution in [0.4, 0.5) is 0 Å². The van der Waals surface area contributed by atoms with Gasteiger partial charge in [-0.2, -0.15) is 0 Å². The van der Waals surface area contributed by atoms with Gasteiger partial charge < -0.3 is 4.98 Å². The standard InChI is InChI=1S/C16H18N2S/c19-16-13-9-5-2-6-10-14(13)17-15(18-16)11-12-7-3-1-4-8-12/h1,3-4,7-8H,2,5-6,9-11H2,(H,17,18,19). The predicted molar refractivity (Wildman–Crippen MR) is 79.9 cm³/mol. The molecule has 0 unspecified atom stereocenters. The Bertz CT molecular complexity index is 616. The van der Waals surface area contributed by atoms with Gasteiger partial charge in [0.25, 0.3) is 0 Å². The molecule has 0 atom stereocenters. The molecular weight excluding hydrogens is 252 g/mol. The van der Waals surface area contributed by atoms with Crippen LogP contribution in [-0.2, 0) is 19.3 Å². The number of nitrogens with one attached hydrogen (secondary N) is 1. The summed E-state index contributed by atoms with van der Waals surface area (Å²) in [5, 5.41) is 0. The Labute approximate surface area is 118 Å². The molecule has 0 fully saturated rings. The molecule has 1 aromatic heterocycles. The average molecular weight is 270 g/mol. The van der Waals surface area contributed by atoms with E-state index < -0.39 is 0 Å². The highest BCUT2D eigenvalue weighted by molar-refractivity contribution is 7.71. The second-order valence-corrected chi connectivity index (χ2v) is 5.56. The number of fused-ring (bicyclic) bond motifs is 1. The Morgan fingerprint density at radius 1 is 1.05 bits per heavy atom. The maximum absolute atomic E-state index is 5.47. The lowest BCUT2D eigenvalue weighted by atomic mass is 10.1. The molecule has 3 heteroatoms. The van der Waals surface area contributed by atoms with Gasteiger partial charge in [0.15, 0.2) is 0 Å². The zero-order valence-corrected chi connectivity index (χ0v) is 11.8. The third-order valence-corrected chi connectivity index (χ3v) is 4.06. The summed E-state index contributed by atoms with van der Waals surface area (Å²) in [6.07, 6.45) is 6.83. The van der Waals surface area contributed by atoms with Gasteiger partial charge in [0.2, 0.25) is 0 Å². The van der Waals surface area contributed by atoms with Gasteiger partial charge in [-0.3, -0.25) is 0 Å². The first-order chi connectivity index (χ1) is 9.33. The molecule has 0 saturated carbocycles. The van der Waals surface area contributed by atoms with Gasteiger partial charge in [-0.15, -0.1) is 0 Å². The van der Waals surface area contributed by atoms with Crippen LogP contribution in [0.1, 0.15) is 41.9 Å². The van der Waals surface area contributed by atoms with Crippen molar-refractivity contribution in [3.63, 3.8) is 0 Å². The lowest BCUT2D eigenvalue weighted by Crippen LogP contribution is -2.05. The number of hydrogen-bond acceptors (Lipinski definition) is 2. The van der Waals surface area contributed by atoms with E-state index in [0.29, 0.717) is 0 Å². The van der Waals surface area contributed by atoms with E-state index in [9.17, 15) is 0 Å². The fourth-order valence-corrected chi connectivity index (χ4v) is 3.06. The summed E-state index contributed by atoms with van der Waals surface area (Å²) in [5.74, 6) is 0.997. The molecule has 1 aromatic carbocycles. The van der Waals surface area contributed by atoms with Crippen molar-refractivity contribution in [1.82, 2.24) is 9.97 Å². The van der Waals surface area contributed by atoms with Crippen molar-refractivity contribution in [1.29, 1.82) is 0 Å². The van der Waals surface area contributed by atoms with Gasteiger partial charge in [-0.25, -0.2) is 4.98 Å². The SMILES string of the molecule is S=c1nc(Cc2ccccc2)[nH]c2c1CCCCC2. The number of aromatic nitrogens is 2. The van der Waals surface area contributed by atoms with E-state index in [1.54, 1.807) is 0 Å². The van der Waals surface area contributed by atoms with Gasteiger partial charge >= 0.3 is 0 Å². The monoisotopic (exact) mass is 270 g/mol. The van der Waals surface area contributed by atoms with E-state index in [-0.39, 0.29) is 0 Å². The second-order valence-electron chi connectivity index (χ2n) is 5.17.